The topological polar surface area (TPSA) is 0 Å². The summed E-state index contributed by atoms with van der Waals surface area (Å²) in [5, 5.41) is 0. The molecule has 0 fully saturated rings. The first-order valence-corrected chi connectivity index (χ1v) is 10.6. The summed E-state index contributed by atoms with van der Waals surface area (Å²) < 4.78 is 0. The summed E-state index contributed by atoms with van der Waals surface area (Å²) in [4.78, 5) is 0. The fourth-order valence-electron chi connectivity index (χ4n) is 2.64. The lowest BCUT2D eigenvalue weighted by molar-refractivity contribution is 0.814. The highest BCUT2D eigenvalue weighted by atomic mass is 31.2. The highest BCUT2D eigenvalue weighted by Gasteiger charge is 2.34. The minimum absolute atomic E-state index is 0. The second-order valence-electron chi connectivity index (χ2n) is 5.65. The van der Waals surface area contributed by atoms with Crippen molar-refractivity contribution in [3.63, 3.8) is 0 Å². The predicted octanol–water partition coefficient (Wildman–Crippen LogP) is 4.75. The quantitative estimate of drug-likeness (QED) is 0.356. The van der Waals surface area contributed by atoms with Crippen LogP contribution in [0.1, 0.15) is 79.1 Å². The monoisotopic (exact) mass is 274 g/mol. The lowest BCUT2D eigenvalue weighted by atomic mass is 10.4. The van der Waals surface area contributed by atoms with Gasteiger partial charge in [0.25, 0.3) is 0 Å². The molecule has 112 valence electrons. The molecule has 0 aromatic carbocycles. The second-order valence-corrected chi connectivity index (χ2v) is 10.1. The molecular formula is C16H40BP. The lowest BCUT2D eigenvalue weighted by Gasteiger charge is -2.28. The van der Waals surface area contributed by atoms with Crippen LogP contribution in [0.4, 0.5) is 0 Å². The van der Waals surface area contributed by atoms with Gasteiger partial charge in [0, 0.05) is 7.26 Å². The van der Waals surface area contributed by atoms with Gasteiger partial charge in [-0.15, -0.1) is 0 Å². The fraction of sp³-hybridized carbons (Fsp3) is 1.00. The zero-order valence-electron chi connectivity index (χ0n) is 12.9. The maximum Gasteiger partial charge on any atom is 0.0594 e. The van der Waals surface area contributed by atoms with Crippen LogP contribution in [0.15, 0.2) is 0 Å². The first kappa shape index (κ1) is 20.8. The molecule has 0 saturated carbocycles. The Balaban J connectivity index is 0. The standard InChI is InChI=1S/C16H36P.BH4/c1-5-9-13-17(14-10-6-2,15-11-7-3)16-12-8-4;/h5-16H2,1-4H3;1H4/q+1;-1. The van der Waals surface area contributed by atoms with Crippen LogP contribution in [0, 0.1) is 0 Å². The van der Waals surface area contributed by atoms with Crippen molar-refractivity contribution in [1.29, 1.82) is 0 Å². The maximum atomic E-state index is 2.36. The van der Waals surface area contributed by atoms with Gasteiger partial charge in [0.1, 0.15) is 0 Å². The zero-order chi connectivity index (χ0) is 13.0. The van der Waals surface area contributed by atoms with Crippen LogP contribution in [-0.2, 0) is 0 Å². The van der Waals surface area contributed by atoms with Gasteiger partial charge in [-0.25, -0.2) is 0 Å². The van der Waals surface area contributed by atoms with E-state index in [0.29, 0.717) is 0 Å². The van der Waals surface area contributed by atoms with Gasteiger partial charge in [-0.1, -0.05) is 61.8 Å². The molecule has 0 saturated heterocycles. The first-order chi connectivity index (χ1) is 8.24. The summed E-state index contributed by atoms with van der Waals surface area (Å²) in [6.07, 6.45) is 17.9. The van der Waals surface area contributed by atoms with Gasteiger partial charge in [0.2, 0.25) is 0 Å². The van der Waals surface area contributed by atoms with Crippen LogP contribution in [0.5, 0.6) is 0 Å². The summed E-state index contributed by atoms with van der Waals surface area (Å²) in [6, 6.07) is 0. The largest absolute Gasteiger partial charge is 0.0652 e. The van der Waals surface area contributed by atoms with Gasteiger partial charge in [0.05, 0.1) is 24.6 Å². The summed E-state index contributed by atoms with van der Waals surface area (Å²) in [5.41, 5.74) is 0. The Bertz CT molecular complexity index is 122. The van der Waals surface area contributed by atoms with Crippen LogP contribution in [0.2, 0.25) is 0 Å². The van der Waals surface area contributed by atoms with Crippen molar-refractivity contribution in [1.82, 2.24) is 0 Å². The average Bonchev–Trinajstić information content (AvgIpc) is 2.37. The molecule has 0 rings (SSSR count). The van der Waals surface area contributed by atoms with Gasteiger partial charge in [-0.05, 0) is 25.7 Å². The van der Waals surface area contributed by atoms with Gasteiger partial charge in [-0.2, -0.15) is 0 Å². The molecule has 0 radical (unpaired) electrons. The smallest absolute Gasteiger partial charge is 0.0594 e. The van der Waals surface area contributed by atoms with Crippen molar-refractivity contribution in [3.05, 3.63) is 0 Å². The molecule has 0 bridgehead atoms. The summed E-state index contributed by atoms with van der Waals surface area (Å²) in [5.74, 6) is 0. The highest BCUT2D eigenvalue weighted by molar-refractivity contribution is 7.75. The van der Waals surface area contributed by atoms with Crippen LogP contribution >= 0.6 is 7.26 Å². The van der Waals surface area contributed by atoms with Crippen LogP contribution in [0.3, 0.4) is 0 Å². The van der Waals surface area contributed by atoms with E-state index in [2.05, 4.69) is 27.7 Å². The fourth-order valence-corrected chi connectivity index (χ4v) is 7.93. The van der Waals surface area contributed by atoms with Gasteiger partial charge >= 0.3 is 0 Å². The average molecular weight is 274 g/mol. The third kappa shape index (κ3) is 9.43. The second kappa shape index (κ2) is 13.9. The van der Waals surface area contributed by atoms with Crippen molar-refractivity contribution in [2.24, 2.45) is 0 Å². The zero-order valence-corrected chi connectivity index (χ0v) is 13.8. The minimum atomic E-state index is -0.562. The molecule has 0 atom stereocenters. The van der Waals surface area contributed by atoms with E-state index in [1.165, 1.54) is 51.4 Å². The Hall–Kier alpha value is 0.495. The third-order valence-corrected chi connectivity index (χ3v) is 9.00. The molecule has 0 aromatic rings. The van der Waals surface area contributed by atoms with E-state index in [9.17, 15) is 0 Å². The van der Waals surface area contributed by atoms with E-state index in [1.807, 2.05) is 0 Å². The lowest BCUT2D eigenvalue weighted by Crippen LogP contribution is -2.12. The summed E-state index contributed by atoms with van der Waals surface area (Å²) in [6.45, 7) is 9.42. The SMILES string of the molecule is CCCC[P+](CCCC)(CCCC)CCCC.[BH4-]. The Kier molecular flexibility index (Phi) is 16.1. The molecule has 18 heavy (non-hydrogen) atoms. The number of rotatable bonds is 12. The van der Waals surface area contributed by atoms with E-state index in [4.69, 9.17) is 0 Å². The molecule has 0 N–H and O–H groups in total. The third-order valence-electron chi connectivity index (χ3n) is 3.94. The Morgan fingerprint density at radius 1 is 0.500 bits per heavy atom. The van der Waals surface area contributed by atoms with Gasteiger partial charge in [0.15, 0.2) is 0 Å². The predicted molar refractivity (Wildman–Crippen MR) is 97.4 cm³/mol. The van der Waals surface area contributed by atoms with Crippen molar-refractivity contribution in [3.8, 4) is 0 Å². The number of hydrogen-bond donors (Lipinski definition) is 0. The maximum absolute atomic E-state index is 2.36. The molecular weight excluding hydrogens is 234 g/mol. The number of unbranched alkanes of at least 4 members (excludes halogenated alkanes) is 4. The van der Waals surface area contributed by atoms with E-state index in [-0.39, 0.29) is 8.41 Å². The molecule has 0 aliphatic heterocycles. The summed E-state index contributed by atoms with van der Waals surface area (Å²) in [7, 11) is -0.562. The van der Waals surface area contributed by atoms with Crippen molar-refractivity contribution < 1.29 is 0 Å². The van der Waals surface area contributed by atoms with E-state index in [1.54, 1.807) is 24.6 Å². The van der Waals surface area contributed by atoms with Crippen molar-refractivity contribution in [2.75, 3.05) is 24.6 Å². The Morgan fingerprint density at radius 2 is 0.722 bits per heavy atom. The highest BCUT2D eigenvalue weighted by Crippen LogP contribution is 2.61. The summed E-state index contributed by atoms with van der Waals surface area (Å²) >= 11 is 0. The first-order valence-electron chi connectivity index (χ1n) is 8.09. The van der Waals surface area contributed by atoms with Gasteiger partial charge < -0.3 is 0 Å². The molecule has 0 aliphatic rings. The van der Waals surface area contributed by atoms with E-state index in [0.717, 1.165) is 0 Å². The molecule has 0 amide bonds. The molecule has 0 spiro atoms. The van der Waals surface area contributed by atoms with Crippen LogP contribution < -0.4 is 0 Å². The van der Waals surface area contributed by atoms with Crippen LogP contribution in [-0.4, -0.2) is 33.1 Å². The molecule has 2 heteroatoms. The van der Waals surface area contributed by atoms with Crippen molar-refractivity contribution in [2.45, 2.75) is 79.1 Å². The van der Waals surface area contributed by atoms with E-state index >= 15 is 0 Å². The minimum Gasteiger partial charge on any atom is -0.0652 e. The molecule has 0 unspecified atom stereocenters. The number of hydrogen-bond acceptors (Lipinski definition) is 0. The Morgan fingerprint density at radius 3 is 0.889 bits per heavy atom. The van der Waals surface area contributed by atoms with Gasteiger partial charge in [-0.3, -0.25) is 0 Å². The Labute approximate surface area is 120 Å². The molecule has 0 aromatic heterocycles. The van der Waals surface area contributed by atoms with Crippen LogP contribution in [0.25, 0.3) is 0 Å². The van der Waals surface area contributed by atoms with Crippen molar-refractivity contribution >= 4 is 15.7 Å². The van der Waals surface area contributed by atoms with E-state index < -0.39 is 7.26 Å². The molecule has 0 nitrogen and oxygen atoms in total. The normalized spacial score (nSPS) is 11.3. The molecule has 0 heterocycles. The molecule has 0 aliphatic carbocycles.